The van der Waals surface area contributed by atoms with Crippen LogP contribution in [0.5, 0.6) is 0 Å². The van der Waals surface area contributed by atoms with Crippen LogP contribution >= 0.6 is 0 Å². The lowest BCUT2D eigenvalue weighted by Crippen LogP contribution is -2.28. The predicted molar refractivity (Wildman–Crippen MR) is 81.7 cm³/mol. The zero-order valence-corrected chi connectivity index (χ0v) is 12.1. The third-order valence-electron chi connectivity index (χ3n) is 4.25. The molecular weight excluding hydrogens is 246 g/mol. The second kappa shape index (κ2) is 6.23. The first-order valence-corrected chi connectivity index (χ1v) is 7.63. The second-order valence-corrected chi connectivity index (χ2v) is 5.79. The molecule has 0 amide bonds. The third kappa shape index (κ3) is 2.93. The highest BCUT2D eigenvalue weighted by Crippen LogP contribution is 2.25. The Hall–Kier alpha value is -1.61. The topological polar surface area (TPSA) is 29.9 Å². The van der Waals surface area contributed by atoms with Crippen LogP contribution in [0.1, 0.15) is 49.4 Å². The van der Waals surface area contributed by atoms with E-state index >= 15 is 0 Å². The molecule has 0 spiro atoms. The zero-order chi connectivity index (χ0) is 13.8. The van der Waals surface area contributed by atoms with Gasteiger partial charge in [-0.15, -0.1) is 0 Å². The fraction of sp³-hybridized carbons (Fsp3) is 0.471. The first kappa shape index (κ1) is 13.4. The van der Waals surface area contributed by atoms with Gasteiger partial charge in [0.05, 0.1) is 12.0 Å². The van der Waals surface area contributed by atoms with Crippen molar-refractivity contribution in [3.8, 4) is 0 Å². The molecule has 1 saturated heterocycles. The lowest BCUT2D eigenvalue weighted by molar-refractivity contribution is 0.389. The molecule has 106 valence electrons. The summed E-state index contributed by atoms with van der Waals surface area (Å²) >= 11 is 0. The van der Waals surface area contributed by atoms with E-state index < -0.39 is 0 Å². The molecule has 2 aromatic rings. The summed E-state index contributed by atoms with van der Waals surface area (Å²) < 4.78 is 2.32. The van der Waals surface area contributed by atoms with Crippen molar-refractivity contribution >= 4 is 0 Å². The van der Waals surface area contributed by atoms with Crippen molar-refractivity contribution in [2.75, 3.05) is 6.54 Å². The normalized spacial score (nSPS) is 20.8. The van der Waals surface area contributed by atoms with Gasteiger partial charge in [-0.05, 0) is 30.9 Å². The Morgan fingerprint density at radius 3 is 2.90 bits per heavy atom. The molecule has 3 heteroatoms. The predicted octanol–water partition coefficient (Wildman–Crippen LogP) is 3.50. The Labute approximate surface area is 121 Å². The number of hydrogen-bond donors (Lipinski definition) is 1. The Balaban J connectivity index is 1.73. The molecule has 1 aliphatic heterocycles. The van der Waals surface area contributed by atoms with E-state index in [0.29, 0.717) is 12.0 Å². The Morgan fingerprint density at radius 1 is 1.30 bits per heavy atom. The van der Waals surface area contributed by atoms with Crippen LogP contribution in [-0.4, -0.2) is 16.1 Å². The van der Waals surface area contributed by atoms with Crippen LogP contribution in [0.25, 0.3) is 0 Å². The van der Waals surface area contributed by atoms with Gasteiger partial charge in [-0.25, -0.2) is 4.98 Å². The van der Waals surface area contributed by atoms with Crippen LogP contribution in [0.2, 0.25) is 0 Å². The largest absolute Gasteiger partial charge is 0.333 e. The number of aromatic nitrogens is 2. The number of hydrogen-bond acceptors (Lipinski definition) is 2. The van der Waals surface area contributed by atoms with Gasteiger partial charge in [-0.2, -0.15) is 0 Å². The first-order chi connectivity index (χ1) is 9.84. The van der Waals surface area contributed by atoms with E-state index in [2.05, 4.69) is 52.1 Å². The molecule has 1 N–H and O–H groups in total. The van der Waals surface area contributed by atoms with E-state index in [4.69, 9.17) is 0 Å². The van der Waals surface area contributed by atoms with Gasteiger partial charge >= 0.3 is 0 Å². The highest BCUT2D eigenvalue weighted by Gasteiger charge is 2.19. The smallest absolute Gasteiger partial charge is 0.0948 e. The van der Waals surface area contributed by atoms with Crippen molar-refractivity contribution in [3.05, 3.63) is 54.1 Å². The Morgan fingerprint density at radius 2 is 2.15 bits per heavy atom. The standard InChI is InChI=1S/C17H23N3/c1-14(15-7-3-2-4-8-15)12-20-13-18-11-17(20)16-9-5-6-10-19-16/h2-4,7-8,11,13-14,16,19H,5-6,9-10,12H2,1H3. The quantitative estimate of drug-likeness (QED) is 0.920. The number of imidazole rings is 1. The molecule has 1 aliphatic rings. The minimum Gasteiger partial charge on any atom is -0.333 e. The van der Waals surface area contributed by atoms with Crippen molar-refractivity contribution in [1.82, 2.24) is 14.9 Å². The zero-order valence-electron chi connectivity index (χ0n) is 12.1. The molecule has 3 rings (SSSR count). The summed E-state index contributed by atoms with van der Waals surface area (Å²) in [5.74, 6) is 0.507. The molecule has 2 heterocycles. The van der Waals surface area contributed by atoms with Crippen molar-refractivity contribution in [3.63, 3.8) is 0 Å². The van der Waals surface area contributed by atoms with Gasteiger partial charge in [-0.3, -0.25) is 0 Å². The second-order valence-electron chi connectivity index (χ2n) is 5.79. The highest BCUT2D eigenvalue weighted by molar-refractivity contribution is 5.19. The molecule has 0 saturated carbocycles. The SMILES string of the molecule is CC(Cn1cncc1C1CCCCN1)c1ccccc1. The summed E-state index contributed by atoms with van der Waals surface area (Å²) in [7, 11) is 0. The van der Waals surface area contributed by atoms with Crippen molar-refractivity contribution < 1.29 is 0 Å². The van der Waals surface area contributed by atoms with Crippen LogP contribution < -0.4 is 5.32 Å². The minimum atomic E-state index is 0.481. The van der Waals surface area contributed by atoms with E-state index in [0.717, 1.165) is 13.1 Å². The molecule has 1 aromatic heterocycles. The molecule has 0 bridgehead atoms. The van der Waals surface area contributed by atoms with Gasteiger partial charge in [0.25, 0.3) is 0 Å². The van der Waals surface area contributed by atoms with E-state index in [1.807, 2.05) is 12.5 Å². The number of nitrogens with zero attached hydrogens (tertiary/aromatic N) is 2. The number of benzene rings is 1. The van der Waals surface area contributed by atoms with Crippen LogP contribution in [0, 0.1) is 0 Å². The highest BCUT2D eigenvalue weighted by atomic mass is 15.1. The van der Waals surface area contributed by atoms with Crippen molar-refractivity contribution in [2.45, 2.75) is 44.7 Å². The van der Waals surface area contributed by atoms with Crippen LogP contribution in [0.3, 0.4) is 0 Å². The summed E-state index contributed by atoms with van der Waals surface area (Å²) in [6.45, 7) is 4.41. The minimum absolute atomic E-state index is 0.481. The summed E-state index contributed by atoms with van der Waals surface area (Å²) in [4.78, 5) is 4.37. The van der Waals surface area contributed by atoms with Crippen molar-refractivity contribution in [2.24, 2.45) is 0 Å². The molecule has 3 nitrogen and oxygen atoms in total. The van der Waals surface area contributed by atoms with E-state index in [9.17, 15) is 0 Å². The maximum absolute atomic E-state index is 4.37. The van der Waals surface area contributed by atoms with Crippen LogP contribution in [0.4, 0.5) is 0 Å². The lowest BCUT2D eigenvalue weighted by Gasteiger charge is -2.25. The number of nitrogens with one attached hydrogen (secondary N) is 1. The fourth-order valence-corrected chi connectivity index (χ4v) is 3.06. The lowest BCUT2D eigenvalue weighted by atomic mass is 10.00. The molecule has 2 atom stereocenters. The summed E-state index contributed by atoms with van der Waals surface area (Å²) in [5.41, 5.74) is 2.73. The maximum atomic E-state index is 4.37. The average Bonchev–Trinajstić information content (AvgIpc) is 2.97. The van der Waals surface area contributed by atoms with Crippen LogP contribution in [0.15, 0.2) is 42.9 Å². The van der Waals surface area contributed by atoms with E-state index in [-0.39, 0.29) is 0 Å². The van der Waals surface area contributed by atoms with Gasteiger partial charge < -0.3 is 9.88 Å². The Kier molecular flexibility index (Phi) is 4.16. The molecule has 0 radical (unpaired) electrons. The van der Waals surface area contributed by atoms with Gasteiger partial charge in [0, 0.05) is 18.8 Å². The molecule has 1 aromatic carbocycles. The van der Waals surface area contributed by atoms with Gasteiger partial charge in [0.15, 0.2) is 0 Å². The van der Waals surface area contributed by atoms with Crippen LogP contribution in [-0.2, 0) is 6.54 Å². The van der Waals surface area contributed by atoms with Gasteiger partial charge in [0.2, 0.25) is 0 Å². The maximum Gasteiger partial charge on any atom is 0.0948 e. The molecule has 2 unspecified atom stereocenters. The van der Waals surface area contributed by atoms with Crippen molar-refractivity contribution in [1.29, 1.82) is 0 Å². The van der Waals surface area contributed by atoms with Gasteiger partial charge in [0.1, 0.15) is 0 Å². The van der Waals surface area contributed by atoms with E-state index in [1.165, 1.54) is 30.5 Å². The first-order valence-electron chi connectivity index (χ1n) is 7.63. The number of piperidine rings is 1. The Bertz CT molecular complexity index is 526. The fourth-order valence-electron chi connectivity index (χ4n) is 3.06. The molecule has 1 fully saturated rings. The average molecular weight is 269 g/mol. The molecule has 20 heavy (non-hydrogen) atoms. The molecule has 0 aliphatic carbocycles. The number of rotatable bonds is 4. The summed E-state index contributed by atoms with van der Waals surface area (Å²) in [6, 6.07) is 11.2. The summed E-state index contributed by atoms with van der Waals surface area (Å²) in [5, 5.41) is 3.61. The monoisotopic (exact) mass is 269 g/mol. The third-order valence-corrected chi connectivity index (χ3v) is 4.25. The van der Waals surface area contributed by atoms with E-state index in [1.54, 1.807) is 0 Å². The molecular formula is C17H23N3. The van der Waals surface area contributed by atoms with Gasteiger partial charge in [-0.1, -0.05) is 43.7 Å². The summed E-state index contributed by atoms with van der Waals surface area (Å²) in [6.07, 6.45) is 7.85.